The summed E-state index contributed by atoms with van der Waals surface area (Å²) in [7, 11) is 0. The van der Waals surface area contributed by atoms with Crippen LogP contribution in [0.5, 0.6) is 0 Å². The van der Waals surface area contributed by atoms with E-state index in [9.17, 15) is 8.78 Å². The third-order valence-electron chi connectivity index (χ3n) is 2.37. The molecule has 16 heavy (non-hydrogen) atoms. The van der Waals surface area contributed by atoms with Crippen molar-refractivity contribution in [1.82, 2.24) is 0 Å². The molecule has 0 heterocycles. The summed E-state index contributed by atoms with van der Waals surface area (Å²) >= 11 is 0. The van der Waals surface area contributed by atoms with Crippen LogP contribution in [0.15, 0.2) is 24.3 Å². The molecular formula is C12H10F2N2. The highest BCUT2D eigenvalue weighted by atomic mass is 19.1. The van der Waals surface area contributed by atoms with Gasteiger partial charge >= 0.3 is 0 Å². The van der Waals surface area contributed by atoms with E-state index in [0.29, 0.717) is 5.56 Å². The van der Waals surface area contributed by atoms with Crippen LogP contribution >= 0.6 is 0 Å². The van der Waals surface area contributed by atoms with Crippen LogP contribution in [-0.2, 0) is 6.42 Å². The van der Waals surface area contributed by atoms with E-state index >= 15 is 0 Å². The lowest BCUT2D eigenvalue weighted by molar-refractivity contribution is 0.374. The first-order valence-electron chi connectivity index (χ1n) is 4.79. The Hall–Kier alpha value is -1.94. The highest BCUT2D eigenvalue weighted by Gasteiger charge is 2.30. The second-order valence-electron chi connectivity index (χ2n) is 3.55. The van der Waals surface area contributed by atoms with Crippen molar-refractivity contribution in [2.24, 2.45) is 5.41 Å². The van der Waals surface area contributed by atoms with Gasteiger partial charge in [-0.15, -0.1) is 0 Å². The summed E-state index contributed by atoms with van der Waals surface area (Å²) in [5.74, 6) is -0.381. The molecule has 1 aromatic carbocycles. The summed E-state index contributed by atoms with van der Waals surface area (Å²) in [6.07, 6.45) is -0.0123. The zero-order chi connectivity index (χ0) is 12.0. The van der Waals surface area contributed by atoms with E-state index in [2.05, 4.69) is 0 Å². The zero-order valence-electron chi connectivity index (χ0n) is 8.58. The first-order valence-corrected chi connectivity index (χ1v) is 4.79. The van der Waals surface area contributed by atoms with E-state index in [0.717, 1.165) is 0 Å². The second-order valence-corrected chi connectivity index (χ2v) is 3.55. The summed E-state index contributed by atoms with van der Waals surface area (Å²) in [4.78, 5) is 0. The molecule has 0 saturated heterocycles. The van der Waals surface area contributed by atoms with Crippen molar-refractivity contribution in [2.45, 2.75) is 12.8 Å². The maximum Gasteiger partial charge on any atom is 0.150 e. The van der Waals surface area contributed by atoms with E-state index in [1.807, 2.05) is 12.1 Å². The fourth-order valence-electron chi connectivity index (χ4n) is 1.42. The number of hydrogen-bond donors (Lipinski definition) is 0. The van der Waals surface area contributed by atoms with Crippen LogP contribution in [0.1, 0.15) is 12.0 Å². The number of nitriles is 2. The highest BCUT2D eigenvalue weighted by molar-refractivity contribution is 5.24. The number of benzene rings is 1. The van der Waals surface area contributed by atoms with E-state index in [1.54, 1.807) is 0 Å². The Morgan fingerprint density at radius 2 is 1.69 bits per heavy atom. The predicted octanol–water partition coefficient (Wildman–Crippen LogP) is 2.76. The molecule has 0 unspecified atom stereocenters. The summed E-state index contributed by atoms with van der Waals surface area (Å²) < 4.78 is 24.9. The van der Waals surface area contributed by atoms with E-state index < -0.39 is 12.1 Å². The van der Waals surface area contributed by atoms with Crippen molar-refractivity contribution in [3.05, 3.63) is 35.6 Å². The minimum Gasteiger partial charge on any atom is -0.251 e. The summed E-state index contributed by atoms with van der Waals surface area (Å²) in [5, 5.41) is 17.8. The second kappa shape index (κ2) is 5.23. The Morgan fingerprint density at radius 1 is 1.12 bits per heavy atom. The van der Waals surface area contributed by atoms with Crippen molar-refractivity contribution in [3.63, 3.8) is 0 Å². The van der Waals surface area contributed by atoms with Crippen molar-refractivity contribution >= 4 is 0 Å². The summed E-state index contributed by atoms with van der Waals surface area (Å²) in [5.41, 5.74) is -0.704. The normalized spacial score (nSPS) is 10.5. The molecule has 1 aromatic rings. The van der Waals surface area contributed by atoms with Crippen LogP contribution in [0.3, 0.4) is 0 Å². The fourth-order valence-corrected chi connectivity index (χ4v) is 1.42. The first-order chi connectivity index (χ1) is 7.65. The standard InChI is InChI=1S/C12H10F2N2/c13-6-5-12(8-15,9-16)7-10-1-3-11(14)4-2-10/h1-4H,5-7H2. The van der Waals surface area contributed by atoms with Crippen LogP contribution < -0.4 is 0 Å². The molecule has 0 bridgehead atoms. The molecule has 0 atom stereocenters. The molecule has 1 rings (SSSR count). The van der Waals surface area contributed by atoms with Gasteiger partial charge in [0.05, 0.1) is 18.8 Å². The topological polar surface area (TPSA) is 47.6 Å². The number of rotatable bonds is 4. The molecule has 0 aliphatic rings. The van der Waals surface area contributed by atoms with Gasteiger partial charge in [0.15, 0.2) is 0 Å². The van der Waals surface area contributed by atoms with Gasteiger partial charge in [-0.3, -0.25) is 4.39 Å². The molecule has 0 fully saturated rings. The van der Waals surface area contributed by atoms with Gasteiger partial charge in [0.1, 0.15) is 11.2 Å². The third kappa shape index (κ3) is 2.77. The quantitative estimate of drug-likeness (QED) is 0.783. The van der Waals surface area contributed by atoms with Gasteiger partial charge in [0.2, 0.25) is 0 Å². The number of hydrogen-bond acceptors (Lipinski definition) is 2. The maximum atomic E-state index is 12.6. The molecule has 0 saturated carbocycles. The van der Waals surface area contributed by atoms with Crippen molar-refractivity contribution in [3.8, 4) is 12.1 Å². The smallest absolute Gasteiger partial charge is 0.150 e. The largest absolute Gasteiger partial charge is 0.251 e. The molecule has 0 aromatic heterocycles. The Balaban J connectivity index is 2.89. The molecule has 4 heteroatoms. The van der Waals surface area contributed by atoms with Gasteiger partial charge in [-0.05, 0) is 17.7 Å². The summed E-state index contributed by atoms with van der Waals surface area (Å²) in [6.45, 7) is -0.720. The molecule has 0 aliphatic heterocycles. The molecule has 0 amide bonds. The molecule has 0 N–H and O–H groups in total. The lowest BCUT2D eigenvalue weighted by atomic mass is 9.82. The van der Waals surface area contributed by atoms with Crippen molar-refractivity contribution in [1.29, 1.82) is 10.5 Å². The van der Waals surface area contributed by atoms with Crippen LogP contribution in [0.2, 0.25) is 0 Å². The summed E-state index contributed by atoms with van der Waals surface area (Å²) in [6, 6.07) is 9.17. The average Bonchev–Trinajstić information content (AvgIpc) is 2.31. The Kier molecular flexibility index (Phi) is 3.96. The monoisotopic (exact) mass is 220 g/mol. The highest BCUT2D eigenvalue weighted by Crippen LogP contribution is 2.26. The number of halogens is 2. The third-order valence-corrected chi connectivity index (χ3v) is 2.37. The van der Waals surface area contributed by atoms with Crippen molar-refractivity contribution < 1.29 is 8.78 Å². The lowest BCUT2D eigenvalue weighted by Gasteiger charge is -2.16. The Bertz CT molecular complexity index is 412. The van der Waals surface area contributed by atoms with E-state index in [1.165, 1.54) is 24.3 Å². The van der Waals surface area contributed by atoms with Gasteiger partial charge < -0.3 is 0 Å². The van der Waals surface area contributed by atoms with Crippen LogP contribution in [0, 0.1) is 33.9 Å². The van der Waals surface area contributed by atoms with Gasteiger partial charge in [-0.2, -0.15) is 10.5 Å². The Morgan fingerprint density at radius 3 is 2.12 bits per heavy atom. The molecule has 0 radical (unpaired) electrons. The molecule has 2 nitrogen and oxygen atoms in total. The number of nitrogens with zero attached hydrogens (tertiary/aromatic N) is 2. The predicted molar refractivity (Wildman–Crippen MR) is 54.4 cm³/mol. The molecular weight excluding hydrogens is 210 g/mol. The van der Waals surface area contributed by atoms with Gasteiger partial charge in [-0.1, -0.05) is 12.1 Å². The molecule has 0 aliphatic carbocycles. The zero-order valence-corrected chi connectivity index (χ0v) is 8.58. The molecule has 82 valence electrons. The van der Waals surface area contributed by atoms with Crippen LogP contribution in [-0.4, -0.2) is 6.67 Å². The van der Waals surface area contributed by atoms with E-state index in [4.69, 9.17) is 10.5 Å². The lowest BCUT2D eigenvalue weighted by Crippen LogP contribution is -2.20. The first kappa shape index (κ1) is 12.1. The van der Waals surface area contributed by atoms with Crippen molar-refractivity contribution in [2.75, 3.05) is 6.67 Å². The maximum absolute atomic E-state index is 12.6. The molecule has 0 spiro atoms. The van der Waals surface area contributed by atoms with E-state index in [-0.39, 0.29) is 18.7 Å². The van der Waals surface area contributed by atoms with Crippen LogP contribution in [0.25, 0.3) is 0 Å². The minimum atomic E-state index is -1.35. The van der Waals surface area contributed by atoms with Gasteiger partial charge in [0.25, 0.3) is 0 Å². The number of alkyl halides is 1. The van der Waals surface area contributed by atoms with Crippen LogP contribution in [0.4, 0.5) is 8.78 Å². The fraction of sp³-hybridized carbons (Fsp3) is 0.333. The Labute approximate surface area is 92.7 Å². The van der Waals surface area contributed by atoms with Gasteiger partial charge in [0, 0.05) is 12.8 Å². The SMILES string of the molecule is N#CC(C#N)(CCF)Cc1ccc(F)cc1. The average molecular weight is 220 g/mol. The van der Waals surface area contributed by atoms with Gasteiger partial charge in [-0.25, -0.2) is 4.39 Å². The minimum absolute atomic E-state index is 0.115.